The van der Waals surface area contributed by atoms with Crippen molar-refractivity contribution in [1.29, 1.82) is 0 Å². The molecule has 0 aliphatic carbocycles. The Kier molecular flexibility index (Phi) is 69.6. The maximum atomic E-state index is 13.6. The smallest absolute Gasteiger partial charge is 0.220 e. The van der Waals surface area contributed by atoms with E-state index in [1.165, 1.54) is 372 Å². The number of amides is 1. The van der Waals surface area contributed by atoms with Gasteiger partial charge in [-0.1, -0.05) is 418 Å². The van der Waals surface area contributed by atoms with Gasteiger partial charge in [0.15, 0.2) is 18.9 Å². The first-order chi connectivity index (χ1) is 55.3. The zero-order valence-electron chi connectivity index (χ0n) is 72.7. The molecule has 12 N–H and O–H groups in total. The summed E-state index contributed by atoms with van der Waals surface area (Å²) in [7, 11) is 0. The van der Waals surface area contributed by atoms with Gasteiger partial charge in [0.2, 0.25) is 5.91 Å². The molecule has 17 atom stereocenters. The maximum absolute atomic E-state index is 13.6. The largest absolute Gasteiger partial charge is 0.394 e. The number of nitrogens with one attached hydrogen (secondary N) is 1. The monoisotopic (exact) mass is 1610 g/mol. The van der Waals surface area contributed by atoms with E-state index in [9.17, 15) is 61.0 Å². The second-order valence-corrected chi connectivity index (χ2v) is 34.9. The molecule has 19 heteroatoms. The highest BCUT2D eigenvalue weighted by Gasteiger charge is 2.54. The summed E-state index contributed by atoms with van der Waals surface area (Å²) >= 11 is 0. The van der Waals surface area contributed by atoms with Crippen molar-refractivity contribution in [3.8, 4) is 0 Å². The molecule has 0 spiro atoms. The van der Waals surface area contributed by atoms with E-state index < -0.39 is 124 Å². The quantitative estimate of drug-likeness (QED) is 0.0199. The van der Waals surface area contributed by atoms with E-state index in [-0.39, 0.29) is 18.9 Å². The van der Waals surface area contributed by atoms with Crippen LogP contribution in [-0.2, 0) is 33.2 Å². The molecule has 0 bridgehead atoms. The minimum absolute atomic E-state index is 0.231. The fraction of sp³-hybridized carbons (Fsp3) is 0.968. The van der Waals surface area contributed by atoms with E-state index in [1.807, 2.05) is 0 Å². The summed E-state index contributed by atoms with van der Waals surface area (Å²) in [5.41, 5.74) is 0. The molecule has 17 unspecified atom stereocenters. The molecule has 113 heavy (non-hydrogen) atoms. The summed E-state index contributed by atoms with van der Waals surface area (Å²) in [6, 6.07) is -0.886. The number of ether oxygens (including phenoxy) is 6. The van der Waals surface area contributed by atoms with Crippen LogP contribution in [0.3, 0.4) is 0 Å². The topological polar surface area (TPSA) is 307 Å². The zero-order valence-corrected chi connectivity index (χ0v) is 72.7. The van der Waals surface area contributed by atoms with Crippen LogP contribution in [0.5, 0.6) is 0 Å². The Balaban J connectivity index is 1.27. The van der Waals surface area contributed by atoms with Crippen molar-refractivity contribution in [3.63, 3.8) is 0 Å². The van der Waals surface area contributed by atoms with Crippen molar-refractivity contribution >= 4 is 5.91 Å². The number of hydrogen-bond donors (Lipinski definition) is 12. The van der Waals surface area contributed by atoms with Crippen LogP contribution in [0.2, 0.25) is 0 Å². The Hall–Kier alpha value is -1.47. The van der Waals surface area contributed by atoms with Crippen LogP contribution in [0.15, 0.2) is 12.2 Å². The molecular weight excluding hydrogens is 1430 g/mol. The highest BCUT2D eigenvalue weighted by molar-refractivity contribution is 5.76. The van der Waals surface area contributed by atoms with Crippen molar-refractivity contribution in [1.82, 2.24) is 5.32 Å². The Bertz CT molecular complexity index is 2080. The Morgan fingerprint density at radius 2 is 0.558 bits per heavy atom. The number of rotatable bonds is 81. The van der Waals surface area contributed by atoms with Gasteiger partial charge >= 0.3 is 0 Å². The van der Waals surface area contributed by atoms with Gasteiger partial charge < -0.3 is 89.9 Å². The molecule has 3 heterocycles. The number of aliphatic hydroxyl groups is 11. The third kappa shape index (κ3) is 52.5. The number of hydrogen-bond acceptors (Lipinski definition) is 18. The van der Waals surface area contributed by atoms with E-state index >= 15 is 0 Å². The standard InChI is InChI=1S/C94H181NO18/c1-3-5-7-9-11-13-15-17-19-21-23-25-27-29-31-32-33-34-35-36-37-38-39-40-41-42-43-44-46-48-50-52-54-56-58-60-62-64-66-68-70-72-82(100)95-77(78(99)71-69-67-65-63-61-59-57-55-53-51-49-47-45-30-28-26-24-22-20-18-16-14-12-10-8-6-4-2)76-108-92-88(106)85(103)90(80(74-97)110-92)113-94-89(107)86(104)91(81(75-98)111-94)112-93-87(105)84(102)83(101)79(73-96)109-93/h21,23,77-81,83-94,96-99,101-107H,3-20,22,24-76H2,1-2H3,(H,95,100)/b23-21-. The van der Waals surface area contributed by atoms with Gasteiger partial charge in [-0.15, -0.1) is 0 Å². The number of carbonyl (C=O) groups excluding carboxylic acids is 1. The number of allylic oxidation sites excluding steroid dienone is 2. The Morgan fingerprint density at radius 1 is 0.310 bits per heavy atom. The summed E-state index contributed by atoms with van der Waals surface area (Å²) in [5.74, 6) is -0.231. The molecule has 3 aliphatic rings. The van der Waals surface area contributed by atoms with Gasteiger partial charge in [0, 0.05) is 6.42 Å². The van der Waals surface area contributed by atoms with Crippen LogP contribution in [-0.4, -0.2) is 193 Å². The molecule has 1 amide bonds. The first-order valence-electron chi connectivity index (χ1n) is 48.4. The Labute approximate surface area is 690 Å². The second kappa shape index (κ2) is 74.4. The van der Waals surface area contributed by atoms with Crippen LogP contribution < -0.4 is 5.32 Å². The van der Waals surface area contributed by atoms with Crippen LogP contribution >= 0.6 is 0 Å². The van der Waals surface area contributed by atoms with Crippen molar-refractivity contribution in [2.45, 2.75) is 555 Å². The van der Waals surface area contributed by atoms with E-state index in [2.05, 4.69) is 31.3 Å². The van der Waals surface area contributed by atoms with Crippen LogP contribution in [0.4, 0.5) is 0 Å². The van der Waals surface area contributed by atoms with Gasteiger partial charge in [0.05, 0.1) is 38.6 Å². The molecule has 0 aromatic heterocycles. The fourth-order valence-electron chi connectivity index (χ4n) is 16.9. The van der Waals surface area contributed by atoms with Gasteiger partial charge in [0.25, 0.3) is 0 Å². The molecular formula is C94H181NO18. The number of unbranched alkanes of at least 4 members (excludes halogenated alkanes) is 63. The SMILES string of the molecule is CCCCCCCCCC/C=C\CCCCCCCCCCCCCCCCCCCCCCCCCCCCCCCC(=O)NC(COC1OC(CO)C(OC2OC(CO)C(OC3OC(CO)C(O)C(O)C3O)C(O)C2O)C(O)C1O)C(O)CCCCCCCCCCCCCCCCCCCCCCCCCCCCC. The van der Waals surface area contributed by atoms with Crippen molar-refractivity contribution in [2.24, 2.45) is 0 Å². The van der Waals surface area contributed by atoms with Gasteiger partial charge in [-0.2, -0.15) is 0 Å². The lowest BCUT2D eigenvalue weighted by molar-refractivity contribution is -0.379. The fourth-order valence-corrected chi connectivity index (χ4v) is 16.9. The molecule has 3 saturated heterocycles. The lowest BCUT2D eigenvalue weighted by Gasteiger charge is -2.48. The van der Waals surface area contributed by atoms with Crippen LogP contribution in [0.25, 0.3) is 0 Å². The van der Waals surface area contributed by atoms with Crippen molar-refractivity contribution < 1.29 is 89.4 Å². The van der Waals surface area contributed by atoms with E-state index in [0.29, 0.717) is 12.8 Å². The highest BCUT2D eigenvalue weighted by Crippen LogP contribution is 2.34. The maximum Gasteiger partial charge on any atom is 0.220 e. The van der Waals surface area contributed by atoms with Gasteiger partial charge in [-0.3, -0.25) is 4.79 Å². The number of carbonyl (C=O) groups is 1. The predicted octanol–water partition coefficient (Wildman–Crippen LogP) is 19.4. The molecule has 0 aromatic carbocycles. The summed E-state index contributed by atoms with van der Waals surface area (Å²) in [5, 5.41) is 121. The summed E-state index contributed by atoms with van der Waals surface area (Å²) in [6.45, 7) is 1.89. The molecule has 670 valence electrons. The second-order valence-electron chi connectivity index (χ2n) is 34.9. The van der Waals surface area contributed by atoms with Gasteiger partial charge in [0.1, 0.15) is 73.2 Å². The summed E-state index contributed by atoms with van der Waals surface area (Å²) < 4.78 is 34.6. The molecule has 0 radical (unpaired) electrons. The van der Waals surface area contributed by atoms with Crippen molar-refractivity contribution in [3.05, 3.63) is 12.2 Å². The normalized spacial score (nSPS) is 24.8. The van der Waals surface area contributed by atoms with E-state index in [1.54, 1.807) is 0 Å². The first kappa shape index (κ1) is 106. The molecule has 19 nitrogen and oxygen atoms in total. The van der Waals surface area contributed by atoms with Gasteiger partial charge in [-0.05, 0) is 38.5 Å². The molecule has 3 aliphatic heterocycles. The minimum atomic E-state index is -1.97. The lowest BCUT2D eigenvalue weighted by atomic mass is 9.96. The van der Waals surface area contributed by atoms with Gasteiger partial charge in [-0.25, -0.2) is 0 Å². The minimum Gasteiger partial charge on any atom is -0.394 e. The summed E-state index contributed by atoms with van der Waals surface area (Å²) in [4.78, 5) is 13.6. The molecule has 3 rings (SSSR count). The summed E-state index contributed by atoms with van der Waals surface area (Å²) in [6.07, 6.45) is 66.4. The predicted molar refractivity (Wildman–Crippen MR) is 457 cm³/mol. The third-order valence-corrected chi connectivity index (χ3v) is 24.6. The van der Waals surface area contributed by atoms with Crippen LogP contribution in [0.1, 0.15) is 450 Å². The zero-order chi connectivity index (χ0) is 81.7. The average molecular weight is 1610 g/mol. The van der Waals surface area contributed by atoms with Crippen LogP contribution in [0, 0.1) is 0 Å². The van der Waals surface area contributed by atoms with E-state index in [0.717, 1.165) is 44.9 Å². The molecule has 0 saturated carbocycles. The van der Waals surface area contributed by atoms with Crippen molar-refractivity contribution in [2.75, 3.05) is 26.4 Å². The lowest BCUT2D eigenvalue weighted by Crippen LogP contribution is -2.66. The highest BCUT2D eigenvalue weighted by atomic mass is 16.8. The number of aliphatic hydroxyl groups excluding tert-OH is 11. The first-order valence-corrected chi connectivity index (χ1v) is 48.4. The molecule has 3 fully saturated rings. The molecule has 0 aromatic rings. The third-order valence-electron chi connectivity index (χ3n) is 24.6. The average Bonchev–Trinajstić information content (AvgIpc) is 0.777. The van der Waals surface area contributed by atoms with E-state index in [4.69, 9.17) is 28.4 Å². The Morgan fingerprint density at radius 3 is 0.858 bits per heavy atom.